The summed E-state index contributed by atoms with van der Waals surface area (Å²) in [7, 11) is 0. The molecule has 27 heavy (non-hydrogen) atoms. The second-order valence-corrected chi connectivity index (χ2v) is 7.86. The highest BCUT2D eigenvalue weighted by Gasteiger charge is 2.19. The summed E-state index contributed by atoms with van der Waals surface area (Å²) in [6.45, 7) is 6.11. The van der Waals surface area contributed by atoms with Crippen LogP contribution in [0.5, 0.6) is 0 Å². The zero-order valence-electron chi connectivity index (χ0n) is 15.5. The van der Waals surface area contributed by atoms with Gasteiger partial charge in [0.25, 0.3) is 0 Å². The molecule has 3 heteroatoms. The highest BCUT2D eigenvalue weighted by Crippen LogP contribution is 2.31. The molecule has 1 aliphatic carbocycles. The van der Waals surface area contributed by atoms with Crippen LogP contribution in [0.2, 0.25) is 0 Å². The minimum absolute atomic E-state index is 0.0327. The number of hydrogen-bond acceptors (Lipinski definition) is 1. The Morgan fingerprint density at radius 2 is 1.63 bits per heavy atom. The Kier molecular flexibility index (Phi) is 7.20. The average Bonchev–Trinajstić information content (AvgIpc) is 2.68. The first-order valence-electron chi connectivity index (χ1n) is 9.36. The molecular weight excluding hydrogens is 373 g/mol. The van der Waals surface area contributed by atoms with Crippen LogP contribution in [0.15, 0.2) is 95.7 Å². The van der Waals surface area contributed by atoms with E-state index in [-0.39, 0.29) is 5.38 Å². The van der Waals surface area contributed by atoms with Crippen LogP contribution in [0, 0.1) is 0 Å². The second-order valence-electron chi connectivity index (χ2n) is 6.84. The molecule has 1 aliphatic rings. The van der Waals surface area contributed by atoms with Gasteiger partial charge in [0, 0.05) is 35.8 Å². The fourth-order valence-electron chi connectivity index (χ4n) is 3.30. The van der Waals surface area contributed by atoms with Crippen molar-refractivity contribution in [3.63, 3.8) is 0 Å². The zero-order valence-corrected chi connectivity index (χ0v) is 17.0. The van der Waals surface area contributed by atoms with Gasteiger partial charge in [-0.15, -0.1) is 11.6 Å². The molecule has 1 nitrogen and oxygen atoms in total. The Bertz CT molecular complexity index is 809. The molecule has 0 aliphatic heterocycles. The molecule has 1 atom stereocenters. The van der Waals surface area contributed by atoms with Crippen LogP contribution in [-0.2, 0) is 13.0 Å². The fourth-order valence-corrected chi connectivity index (χ4v) is 3.94. The number of aryl methyl sites for hydroxylation is 1. The van der Waals surface area contributed by atoms with E-state index < -0.39 is 0 Å². The molecule has 0 amide bonds. The van der Waals surface area contributed by atoms with Gasteiger partial charge in [-0.25, -0.2) is 0 Å². The summed E-state index contributed by atoms with van der Waals surface area (Å²) in [6, 6.07) is 21.1. The molecule has 0 saturated heterocycles. The maximum absolute atomic E-state index is 6.51. The molecule has 2 aromatic carbocycles. The normalized spacial score (nSPS) is 16.4. The van der Waals surface area contributed by atoms with E-state index in [2.05, 4.69) is 66.1 Å². The van der Waals surface area contributed by atoms with E-state index >= 15 is 0 Å². The third kappa shape index (κ3) is 5.76. The second kappa shape index (κ2) is 9.82. The van der Waals surface area contributed by atoms with Crippen LogP contribution in [0.4, 0.5) is 0 Å². The molecule has 0 heterocycles. The van der Waals surface area contributed by atoms with Crippen molar-refractivity contribution in [1.29, 1.82) is 0 Å². The Morgan fingerprint density at radius 3 is 2.26 bits per heavy atom. The molecule has 140 valence electrons. The van der Waals surface area contributed by atoms with Crippen molar-refractivity contribution in [2.75, 3.05) is 6.54 Å². The van der Waals surface area contributed by atoms with E-state index in [0.29, 0.717) is 6.42 Å². The largest absolute Gasteiger partial charge is 0.367 e. The molecule has 0 saturated carbocycles. The van der Waals surface area contributed by atoms with Crippen molar-refractivity contribution in [1.82, 2.24) is 4.90 Å². The van der Waals surface area contributed by atoms with E-state index in [1.807, 2.05) is 18.2 Å². The van der Waals surface area contributed by atoms with E-state index in [9.17, 15) is 0 Å². The van der Waals surface area contributed by atoms with Gasteiger partial charge in [-0.05, 0) is 24.0 Å². The summed E-state index contributed by atoms with van der Waals surface area (Å²) in [6.07, 6.45) is 6.78. The predicted octanol–water partition coefficient (Wildman–Crippen LogP) is 6.70. The van der Waals surface area contributed by atoms with Crippen LogP contribution >= 0.6 is 23.2 Å². The maximum atomic E-state index is 6.51. The van der Waals surface area contributed by atoms with E-state index in [1.165, 1.54) is 11.1 Å². The van der Waals surface area contributed by atoms with Crippen LogP contribution in [0.25, 0.3) is 0 Å². The van der Waals surface area contributed by atoms with E-state index in [4.69, 9.17) is 23.2 Å². The predicted molar refractivity (Wildman–Crippen MR) is 117 cm³/mol. The van der Waals surface area contributed by atoms with Gasteiger partial charge in [0.15, 0.2) is 0 Å². The molecule has 0 bridgehead atoms. The number of nitrogens with zero attached hydrogens (tertiary/aromatic N) is 1. The van der Waals surface area contributed by atoms with Crippen molar-refractivity contribution in [3.8, 4) is 0 Å². The van der Waals surface area contributed by atoms with Gasteiger partial charge in [0.1, 0.15) is 0 Å². The quantitative estimate of drug-likeness (QED) is 0.448. The first kappa shape index (κ1) is 19.8. The van der Waals surface area contributed by atoms with Crippen molar-refractivity contribution in [2.45, 2.75) is 31.2 Å². The van der Waals surface area contributed by atoms with Crippen molar-refractivity contribution >= 4 is 23.2 Å². The van der Waals surface area contributed by atoms with Gasteiger partial charge in [-0.1, -0.05) is 91.0 Å². The summed E-state index contributed by atoms with van der Waals surface area (Å²) in [5.41, 5.74) is 4.61. The summed E-state index contributed by atoms with van der Waals surface area (Å²) < 4.78 is 0. The fraction of sp³-hybridized carbons (Fsp3) is 0.250. The number of hydrogen-bond donors (Lipinski definition) is 0. The molecular formula is C24H25Cl2N. The summed E-state index contributed by atoms with van der Waals surface area (Å²) in [4.78, 5) is 2.33. The van der Waals surface area contributed by atoms with Crippen LogP contribution in [-0.4, -0.2) is 16.8 Å². The van der Waals surface area contributed by atoms with E-state index in [1.54, 1.807) is 0 Å². The lowest BCUT2D eigenvalue weighted by Crippen LogP contribution is -2.25. The van der Waals surface area contributed by atoms with Crippen LogP contribution in [0.1, 0.15) is 24.0 Å². The number of benzene rings is 2. The number of allylic oxidation sites excluding steroid dienone is 3. The lowest BCUT2D eigenvalue weighted by atomic mass is 10.0. The third-order valence-corrected chi connectivity index (χ3v) is 5.44. The lowest BCUT2D eigenvalue weighted by molar-refractivity contribution is 0.339. The third-order valence-electron chi connectivity index (χ3n) is 4.78. The molecule has 0 aromatic heterocycles. The monoisotopic (exact) mass is 397 g/mol. The number of halogens is 2. The van der Waals surface area contributed by atoms with Crippen molar-refractivity contribution < 1.29 is 0 Å². The Labute approximate surface area is 172 Å². The first-order valence-corrected chi connectivity index (χ1v) is 10.2. The Balaban J connectivity index is 1.72. The van der Waals surface area contributed by atoms with Gasteiger partial charge in [-0.2, -0.15) is 0 Å². The van der Waals surface area contributed by atoms with E-state index in [0.717, 1.165) is 42.2 Å². The van der Waals surface area contributed by atoms with Crippen LogP contribution < -0.4 is 0 Å². The molecule has 0 N–H and O–H groups in total. The number of rotatable bonds is 8. The van der Waals surface area contributed by atoms with Crippen molar-refractivity contribution in [2.24, 2.45) is 0 Å². The van der Waals surface area contributed by atoms with Gasteiger partial charge in [0.2, 0.25) is 0 Å². The standard InChI is InChI=1S/C24H25Cl2N/c1-19(23-15-14-22(25)17-24(23)26)27(18-21-11-6-3-7-12-21)16-8-13-20-9-4-2-5-10-20/h2-7,9-12,14-15,22H,1,8,13,16-18H2. The van der Waals surface area contributed by atoms with Gasteiger partial charge in [0.05, 0.1) is 5.38 Å². The SMILES string of the molecule is C=C(C1=C(Cl)CC(Cl)C=C1)N(CCCc1ccccc1)Cc1ccccc1. The van der Waals surface area contributed by atoms with Gasteiger partial charge in [-0.3, -0.25) is 0 Å². The highest BCUT2D eigenvalue weighted by atomic mass is 35.5. The van der Waals surface area contributed by atoms with Crippen LogP contribution in [0.3, 0.4) is 0 Å². The Hall–Kier alpha value is -1.96. The minimum Gasteiger partial charge on any atom is -0.367 e. The minimum atomic E-state index is -0.0327. The molecule has 2 aromatic rings. The average molecular weight is 398 g/mol. The summed E-state index contributed by atoms with van der Waals surface area (Å²) in [5, 5.41) is 0.762. The molecule has 0 radical (unpaired) electrons. The summed E-state index contributed by atoms with van der Waals surface area (Å²) >= 11 is 12.7. The van der Waals surface area contributed by atoms with Gasteiger partial charge < -0.3 is 4.90 Å². The van der Waals surface area contributed by atoms with Crippen molar-refractivity contribution in [3.05, 3.63) is 107 Å². The maximum Gasteiger partial charge on any atom is 0.0568 e. The molecule has 3 rings (SSSR count). The number of alkyl halides is 1. The topological polar surface area (TPSA) is 3.24 Å². The smallest absolute Gasteiger partial charge is 0.0568 e. The highest BCUT2D eigenvalue weighted by molar-refractivity contribution is 6.32. The molecule has 0 spiro atoms. The van der Waals surface area contributed by atoms with Gasteiger partial charge >= 0.3 is 0 Å². The molecule has 0 fully saturated rings. The lowest BCUT2D eigenvalue weighted by Gasteiger charge is -2.29. The Morgan fingerprint density at radius 1 is 1.00 bits per heavy atom. The first-order chi connectivity index (χ1) is 13.1. The summed E-state index contributed by atoms with van der Waals surface area (Å²) in [5.74, 6) is 0. The zero-order chi connectivity index (χ0) is 19.1. The molecule has 1 unspecified atom stereocenters.